The maximum Gasteiger partial charge on any atom is 0.316 e. The van der Waals surface area contributed by atoms with Crippen molar-refractivity contribution in [2.45, 2.75) is 11.9 Å². The highest BCUT2D eigenvalue weighted by Crippen LogP contribution is 2.20. The molecule has 1 aromatic rings. The number of carbonyl (C=O) groups excluding carboxylic acids is 1. The fourth-order valence-corrected chi connectivity index (χ4v) is 2.37. The van der Waals surface area contributed by atoms with Crippen molar-refractivity contribution < 1.29 is 14.3 Å². The number of aromatic nitrogens is 2. The third-order valence-electron chi connectivity index (χ3n) is 2.61. The number of anilines is 1. The quantitative estimate of drug-likeness (QED) is 0.453. The van der Waals surface area contributed by atoms with Crippen LogP contribution < -0.4 is 4.90 Å². The summed E-state index contributed by atoms with van der Waals surface area (Å²) in [6, 6.07) is 1.90. The number of ether oxygens (including phenoxy) is 2. The molecule has 2 rings (SSSR count). The van der Waals surface area contributed by atoms with Gasteiger partial charge in [-0.1, -0.05) is 11.8 Å². The first-order valence-corrected chi connectivity index (χ1v) is 7.21. The van der Waals surface area contributed by atoms with Gasteiger partial charge in [0.15, 0.2) is 0 Å². The molecule has 1 aliphatic rings. The minimum Gasteiger partial charge on any atom is -0.465 e. The van der Waals surface area contributed by atoms with E-state index in [0.717, 1.165) is 37.1 Å². The summed E-state index contributed by atoms with van der Waals surface area (Å²) in [5.74, 6) is 0.927. The Morgan fingerprint density at radius 3 is 3.00 bits per heavy atom. The molecule has 0 aliphatic carbocycles. The number of thioether (sulfide) groups is 1. The molecule has 1 aliphatic heterocycles. The van der Waals surface area contributed by atoms with E-state index in [4.69, 9.17) is 9.47 Å². The zero-order valence-electron chi connectivity index (χ0n) is 10.9. The van der Waals surface area contributed by atoms with E-state index in [0.29, 0.717) is 6.61 Å². The van der Waals surface area contributed by atoms with Crippen LogP contribution in [0.3, 0.4) is 0 Å². The zero-order chi connectivity index (χ0) is 13.5. The van der Waals surface area contributed by atoms with Crippen molar-refractivity contribution in [2.75, 3.05) is 43.6 Å². The SMILES string of the molecule is CCOC(=O)CSc1cc(N2CCOCC2)ncn1. The first kappa shape index (κ1) is 14.1. The van der Waals surface area contributed by atoms with Crippen molar-refractivity contribution in [3.05, 3.63) is 12.4 Å². The Morgan fingerprint density at radius 1 is 1.47 bits per heavy atom. The lowest BCUT2D eigenvalue weighted by atomic mass is 10.4. The topological polar surface area (TPSA) is 64.5 Å². The molecule has 0 aromatic carbocycles. The molecule has 7 heteroatoms. The van der Waals surface area contributed by atoms with Crippen molar-refractivity contribution in [1.82, 2.24) is 9.97 Å². The minimum atomic E-state index is -0.223. The Bertz CT molecular complexity index is 424. The van der Waals surface area contributed by atoms with Gasteiger partial charge in [0.05, 0.1) is 25.6 Å². The summed E-state index contributed by atoms with van der Waals surface area (Å²) in [7, 11) is 0. The van der Waals surface area contributed by atoms with Crippen LogP contribution in [0.2, 0.25) is 0 Å². The normalized spacial score (nSPS) is 15.3. The van der Waals surface area contributed by atoms with Crippen molar-refractivity contribution in [3.8, 4) is 0 Å². The third kappa shape index (κ3) is 4.36. The van der Waals surface area contributed by atoms with Gasteiger partial charge in [0.25, 0.3) is 0 Å². The molecule has 2 heterocycles. The van der Waals surface area contributed by atoms with Gasteiger partial charge < -0.3 is 14.4 Å². The Labute approximate surface area is 116 Å². The number of hydrogen-bond acceptors (Lipinski definition) is 7. The molecule has 104 valence electrons. The van der Waals surface area contributed by atoms with Gasteiger partial charge in [0.1, 0.15) is 17.2 Å². The molecule has 0 N–H and O–H groups in total. The van der Waals surface area contributed by atoms with Gasteiger partial charge in [-0.3, -0.25) is 4.79 Å². The Balaban J connectivity index is 1.92. The second kappa shape index (κ2) is 7.30. The van der Waals surface area contributed by atoms with Gasteiger partial charge in [-0.2, -0.15) is 0 Å². The van der Waals surface area contributed by atoms with E-state index in [9.17, 15) is 4.79 Å². The monoisotopic (exact) mass is 283 g/mol. The smallest absolute Gasteiger partial charge is 0.316 e. The summed E-state index contributed by atoms with van der Waals surface area (Å²) in [6.07, 6.45) is 1.53. The van der Waals surface area contributed by atoms with Gasteiger partial charge in [-0.05, 0) is 6.92 Å². The summed E-state index contributed by atoms with van der Waals surface area (Å²) in [6.45, 7) is 5.30. The first-order chi connectivity index (χ1) is 9.29. The van der Waals surface area contributed by atoms with Gasteiger partial charge in [-0.15, -0.1) is 0 Å². The predicted molar refractivity (Wildman–Crippen MR) is 72.4 cm³/mol. The molecular weight excluding hydrogens is 266 g/mol. The number of esters is 1. The lowest BCUT2D eigenvalue weighted by molar-refractivity contribution is -0.139. The van der Waals surface area contributed by atoms with Gasteiger partial charge >= 0.3 is 5.97 Å². The van der Waals surface area contributed by atoms with Crippen LogP contribution >= 0.6 is 11.8 Å². The molecule has 0 amide bonds. The van der Waals surface area contributed by atoms with Crippen LogP contribution in [0.15, 0.2) is 17.4 Å². The van der Waals surface area contributed by atoms with E-state index >= 15 is 0 Å². The Kier molecular flexibility index (Phi) is 5.41. The summed E-state index contributed by atoms with van der Waals surface area (Å²) in [4.78, 5) is 21.9. The van der Waals surface area contributed by atoms with Crippen molar-refractivity contribution in [3.63, 3.8) is 0 Å². The second-order valence-electron chi connectivity index (χ2n) is 3.91. The van der Waals surface area contributed by atoms with Crippen LogP contribution in [0.25, 0.3) is 0 Å². The molecule has 19 heavy (non-hydrogen) atoms. The zero-order valence-corrected chi connectivity index (χ0v) is 11.7. The van der Waals surface area contributed by atoms with E-state index in [1.165, 1.54) is 18.1 Å². The standard InChI is InChI=1S/C12H17N3O3S/c1-2-18-12(16)8-19-11-7-10(13-9-14-11)15-3-5-17-6-4-15/h7,9H,2-6,8H2,1H3. The molecule has 0 spiro atoms. The lowest BCUT2D eigenvalue weighted by Gasteiger charge is -2.27. The van der Waals surface area contributed by atoms with Crippen LogP contribution in [-0.4, -0.2) is 54.6 Å². The first-order valence-electron chi connectivity index (χ1n) is 6.22. The van der Waals surface area contributed by atoms with Crippen LogP contribution in [-0.2, 0) is 14.3 Å². The van der Waals surface area contributed by atoms with Crippen LogP contribution in [0.1, 0.15) is 6.92 Å². The summed E-state index contributed by atoms with van der Waals surface area (Å²) < 4.78 is 10.2. The lowest BCUT2D eigenvalue weighted by Crippen LogP contribution is -2.36. The number of carbonyl (C=O) groups is 1. The van der Waals surface area contributed by atoms with E-state index in [-0.39, 0.29) is 11.7 Å². The van der Waals surface area contributed by atoms with Gasteiger partial charge in [-0.25, -0.2) is 9.97 Å². The number of hydrogen-bond donors (Lipinski definition) is 0. The van der Waals surface area contributed by atoms with E-state index in [2.05, 4.69) is 14.9 Å². The average Bonchev–Trinajstić information content (AvgIpc) is 2.47. The molecular formula is C12H17N3O3S. The molecule has 0 saturated carbocycles. The molecule has 6 nitrogen and oxygen atoms in total. The minimum absolute atomic E-state index is 0.223. The molecule has 0 bridgehead atoms. The maximum absolute atomic E-state index is 11.3. The molecule has 0 unspecified atom stereocenters. The van der Waals surface area contributed by atoms with Crippen molar-refractivity contribution >= 4 is 23.5 Å². The van der Waals surface area contributed by atoms with Gasteiger partial charge in [0.2, 0.25) is 0 Å². The number of morpholine rings is 1. The van der Waals surface area contributed by atoms with Crippen LogP contribution in [0.4, 0.5) is 5.82 Å². The highest BCUT2D eigenvalue weighted by atomic mass is 32.2. The predicted octanol–water partition coefficient (Wildman–Crippen LogP) is 0.968. The van der Waals surface area contributed by atoms with Crippen molar-refractivity contribution in [1.29, 1.82) is 0 Å². The Morgan fingerprint density at radius 2 is 2.26 bits per heavy atom. The number of nitrogens with zero attached hydrogens (tertiary/aromatic N) is 3. The van der Waals surface area contributed by atoms with E-state index < -0.39 is 0 Å². The summed E-state index contributed by atoms with van der Waals surface area (Å²) >= 11 is 1.36. The Hall–Kier alpha value is -1.34. The largest absolute Gasteiger partial charge is 0.465 e. The van der Waals surface area contributed by atoms with Crippen LogP contribution in [0, 0.1) is 0 Å². The highest BCUT2D eigenvalue weighted by Gasteiger charge is 2.13. The third-order valence-corrected chi connectivity index (χ3v) is 3.50. The molecule has 1 saturated heterocycles. The van der Waals surface area contributed by atoms with Gasteiger partial charge in [0, 0.05) is 19.2 Å². The number of rotatable bonds is 5. The molecule has 1 aromatic heterocycles. The van der Waals surface area contributed by atoms with Crippen molar-refractivity contribution in [2.24, 2.45) is 0 Å². The average molecular weight is 283 g/mol. The highest BCUT2D eigenvalue weighted by molar-refractivity contribution is 7.99. The fraction of sp³-hybridized carbons (Fsp3) is 0.583. The van der Waals surface area contributed by atoms with Crippen LogP contribution in [0.5, 0.6) is 0 Å². The molecule has 0 atom stereocenters. The van der Waals surface area contributed by atoms with E-state index in [1.807, 2.05) is 6.07 Å². The fourth-order valence-electron chi connectivity index (χ4n) is 1.71. The summed E-state index contributed by atoms with van der Waals surface area (Å²) in [5.41, 5.74) is 0. The molecule has 1 fully saturated rings. The molecule has 0 radical (unpaired) electrons. The second-order valence-corrected chi connectivity index (χ2v) is 4.90. The maximum atomic E-state index is 11.3. The van der Waals surface area contributed by atoms with E-state index in [1.54, 1.807) is 6.92 Å². The summed E-state index contributed by atoms with van der Waals surface area (Å²) in [5, 5.41) is 0.782.